The van der Waals surface area contributed by atoms with Crippen LogP contribution in [0.4, 0.5) is 0 Å². The first-order valence-corrected chi connectivity index (χ1v) is 8.05. The van der Waals surface area contributed by atoms with Crippen LogP contribution in [0.25, 0.3) is 0 Å². The molecule has 4 nitrogen and oxygen atoms in total. The second-order valence-corrected chi connectivity index (χ2v) is 6.23. The maximum Gasteiger partial charge on any atom is 0.248 e. The summed E-state index contributed by atoms with van der Waals surface area (Å²) in [6, 6.07) is 17.1. The number of nitrogens with two attached hydrogens (primary N) is 1. The lowest BCUT2D eigenvalue weighted by Gasteiger charge is -2.24. The molecule has 2 aromatic rings. The Hall–Kier alpha value is -2.27. The summed E-state index contributed by atoms with van der Waals surface area (Å²) in [5.41, 5.74) is 7.86. The van der Waals surface area contributed by atoms with Crippen LogP contribution in [0.2, 0.25) is 0 Å². The molecule has 0 radical (unpaired) electrons. The fraction of sp³-hybridized carbons (Fsp3) is 0.176. The molecule has 1 atom stereocenters. The number of thioether (sulfide) groups is 1. The van der Waals surface area contributed by atoms with Gasteiger partial charge in [-0.1, -0.05) is 42.5 Å². The van der Waals surface area contributed by atoms with Crippen LogP contribution in [0.1, 0.15) is 26.9 Å². The van der Waals surface area contributed by atoms with E-state index in [2.05, 4.69) is 0 Å². The molecule has 0 aliphatic carbocycles. The first-order chi connectivity index (χ1) is 10.6. The lowest BCUT2D eigenvalue weighted by molar-refractivity contribution is -0.128. The Morgan fingerprint density at radius 3 is 2.45 bits per heavy atom. The van der Waals surface area contributed by atoms with Gasteiger partial charge in [-0.25, -0.2) is 0 Å². The van der Waals surface area contributed by atoms with E-state index in [1.54, 1.807) is 23.9 Å². The Balaban J connectivity index is 1.82. The van der Waals surface area contributed by atoms with Crippen molar-refractivity contribution in [1.82, 2.24) is 4.90 Å². The van der Waals surface area contributed by atoms with Crippen LogP contribution in [-0.2, 0) is 11.3 Å². The van der Waals surface area contributed by atoms with E-state index in [1.165, 1.54) is 0 Å². The number of primary amides is 1. The second-order valence-electron chi connectivity index (χ2n) is 5.16. The smallest absolute Gasteiger partial charge is 0.248 e. The molecule has 1 saturated heterocycles. The maximum absolute atomic E-state index is 12.2. The summed E-state index contributed by atoms with van der Waals surface area (Å²) >= 11 is 1.61. The van der Waals surface area contributed by atoms with Crippen LogP contribution in [0.5, 0.6) is 0 Å². The van der Waals surface area contributed by atoms with Crippen LogP contribution in [0.15, 0.2) is 54.6 Å². The molecule has 112 valence electrons. The van der Waals surface area contributed by atoms with Crippen LogP contribution in [0.3, 0.4) is 0 Å². The van der Waals surface area contributed by atoms with Gasteiger partial charge in [0.25, 0.3) is 0 Å². The fourth-order valence-corrected chi connectivity index (χ4v) is 3.68. The van der Waals surface area contributed by atoms with E-state index >= 15 is 0 Å². The number of carbonyl (C=O) groups is 2. The Morgan fingerprint density at radius 1 is 1.14 bits per heavy atom. The van der Waals surface area contributed by atoms with E-state index in [0.717, 1.165) is 11.1 Å². The summed E-state index contributed by atoms with van der Waals surface area (Å²) in [5, 5.41) is -0.0189. The lowest BCUT2D eigenvalue weighted by atomic mass is 10.1. The van der Waals surface area contributed by atoms with E-state index < -0.39 is 5.91 Å². The van der Waals surface area contributed by atoms with E-state index in [-0.39, 0.29) is 11.3 Å². The fourth-order valence-electron chi connectivity index (χ4n) is 2.49. The number of hydrogen-bond donors (Lipinski definition) is 1. The predicted octanol–water partition coefficient (Wildman–Crippen LogP) is 2.56. The topological polar surface area (TPSA) is 63.4 Å². The van der Waals surface area contributed by atoms with Gasteiger partial charge in [0.1, 0.15) is 5.37 Å². The molecule has 2 aromatic carbocycles. The highest BCUT2D eigenvalue weighted by Crippen LogP contribution is 2.39. The second kappa shape index (κ2) is 6.23. The summed E-state index contributed by atoms with van der Waals surface area (Å²) in [4.78, 5) is 25.2. The largest absolute Gasteiger partial charge is 0.366 e. The summed E-state index contributed by atoms with van der Waals surface area (Å²) in [7, 11) is 0. The minimum Gasteiger partial charge on any atom is -0.366 e. The average molecular weight is 312 g/mol. The highest BCUT2D eigenvalue weighted by atomic mass is 32.2. The van der Waals surface area contributed by atoms with Gasteiger partial charge in [0.15, 0.2) is 0 Å². The molecule has 2 amide bonds. The highest BCUT2D eigenvalue weighted by Gasteiger charge is 2.32. The van der Waals surface area contributed by atoms with Crippen molar-refractivity contribution >= 4 is 23.6 Å². The Labute approximate surface area is 133 Å². The minimum absolute atomic E-state index is 0.0189. The van der Waals surface area contributed by atoms with Crippen LogP contribution in [-0.4, -0.2) is 22.5 Å². The predicted molar refractivity (Wildman–Crippen MR) is 87.2 cm³/mol. The van der Waals surface area contributed by atoms with Gasteiger partial charge in [-0.05, 0) is 23.3 Å². The molecule has 0 unspecified atom stereocenters. The van der Waals surface area contributed by atoms with Crippen molar-refractivity contribution in [3.63, 3.8) is 0 Å². The van der Waals surface area contributed by atoms with Crippen molar-refractivity contribution in [3.05, 3.63) is 71.3 Å². The molecular weight excluding hydrogens is 296 g/mol. The molecule has 2 N–H and O–H groups in total. The molecule has 1 aliphatic heterocycles. The number of benzene rings is 2. The maximum atomic E-state index is 12.2. The van der Waals surface area contributed by atoms with Gasteiger partial charge in [0.2, 0.25) is 11.8 Å². The van der Waals surface area contributed by atoms with Gasteiger partial charge >= 0.3 is 0 Å². The van der Waals surface area contributed by atoms with Crippen LogP contribution in [0, 0.1) is 0 Å². The van der Waals surface area contributed by atoms with Crippen molar-refractivity contribution in [2.45, 2.75) is 11.9 Å². The van der Waals surface area contributed by atoms with Crippen molar-refractivity contribution in [2.75, 3.05) is 5.75 Å². The van der Waals surface area contributed by atoms with Crippen molar-refractivity contribution < 1.29 is 9.59 Å². The third kappa shape index (κ3) is 2.99. The molecule has 1 fully saturated rings. The Morgan fingerprint density at radius 2 is 1.82 bits per heavy atom. The van der Waals surface area contributed by atoms with E-state index in [4.69, 9.17) is 5.73 Å². The van der Waals surface area contributed by atoms with E-state index in [9.17, 15) is 9.59 Å². The monoisotopic (exact) mass is 312 g/mol. The van der Waals surface area contributed by atoms with Gasteiger partial charge in [0.05, 0.1) is 5.75 Å². The molecule has 5 heteroatoms. The quantitative estimate of drug-likeness (QED) is 0.943. The number of nitrogens with zero attached hydrogens (tertiary/aromatic N) is 1. The number of carbonyl (C=O) groups excluding carboxylic acids is 2. The third-order valence-electron chi connectivity index (χ3n) is 3.64. The van der Waals surface area contributed by atoms with Crippen molar-refractivity contribution in [1.29, 1.82) is 0 Å². The molecule has 0 aromatic heterocycles. The third-order valence-corrected chi connectivity index (χ3v) is 4.90. The average Bonchev–Trinajstić information content (AvgIpc) is 2.89. The van der Waals surface area contributed by atoms with Crippen LogP contribution < -0.4 is 5.73 Å². The molecule has 3 rings (SSSR count). The number of hydrogen-bond acceptors (Lipinski definition) is 3. The van der Waals surface area contributed by atoms with Crippen LogP contribution >= 0.6 is 11.8 Å². The van der Waals surface area contributed by atoms with Gasteiger partial charge in [-0.3, -0.25) is 9.59 Å². The molecule has 22 heavy (non-hydrogen) atoms. The lowest BCUT2D eigenvalue weighted by Crippen LogP contribution is -2.27. The van der Waals surface area contributed by atoms with E-state index in [0.29, 0.717) is 17.9 Å². The van der Waals surface area contributed by atoms with Crippen molar-refractivity contribution in [2.24, 2.45) is 5.73 Å². The SMILES string of the molecule is NC(=O)c1ccc([C@H]2SCC(=O)N2Cc2ccccc2)cc1. The zero-order valence-corrected chi connectivity index (χ0v) is 12.8. The van der Waals surface area contributed by atoms with E-state index in [1.807, 2.05) is 47.4 Å². The first kappa shape index (κ1) is 14.7. The molecule has 0 bridgehead atoms. The summed E-state index contributed by atoms with van der Waals surface area (Å²) in [5.74, 6) is 0.176. The standard InChI is InChI=1S/C17H16N2O2S/c18-16(21)13-6-8-14(9-7-13)17-19(15(20)11-22-17)10-12-4-2-1-3-5-12/h1-9,17H,10-11H2,(H2,18,21)/t17-/m1/s1. The van der Waals surface area contributed by atoms with Gasteiger partial charge in [0, 0.05) is 12.1 Å². The summed E-state index contributed by atoms with van der Waals surface area (Å²) < 4.78 is 0. The molecule has 0 spiro atoms. The number of rotatable bonds is 4. The van der Waals surface area contributed by atoms with Crippen molar-refractivity contribution in [3.8, 4) is 0 Å². The Bertz CT molecular complexity index is 686. The summed E-state index contributed by atoms with van der Waals surface area (Å²) in [6.45, 7) is 0.592. The Kier molecular flexibility index (Phi) is 4.15. The van der Waals surface area contributed by atoms with Gasteiger partial charge < -0.3 is 10.6 Å². The molecular formula is C17H16N2O2S. The molecule has 0 saturated carbocycles. The normalized spacial score (nSPS) is 17.7. The summed E-state index contributed by atoms with van der Waals surface area (Å²) in [6.07, 6.45) is 0. The van der Waals surface area contributed by atoms with Gasteiger partial charge in [-0.2, -0.15) is 0 Å². The number of amides is 2. The zero-order valence-electron chi connectivity index (χ0n) is 11.9. The van der Waals surface area contributed by atoms with Gasteiger partial charge in [-0.15, -0.1) is 11.8 Å². The molecule has 1 heterocycles. The molecule has 1 aliphatic rings. The highest BCUT2D eigenvalue weighted by molar-refractivity contribution is 8.00. The zero-order chi connectivity index (χ0) is 15.5. The minimum atomic E-state index is -0.442. The first-order valence-electron chi connectivity index (χ1n) is 7.00.